The van der Waals surface area contributed by atoms with Gasteiger partial charge in [-0.1, -0.05) is 43.6 Å². The lowest BCUT2D eigenvalue weighted by molar-refractivity contribution is -0.141. The summed E-state index contributed by atoms with van der Waals surface area (Å²) in [5, 5.41) is 4.73. The van der Waals surface area contributed by atoms with Gasteiger partial charge in [0.2, 0.25) is 0 Å². The van der Waals surface area contributed by atoms with Gasteiger partial charge in [0.05, 0.1) is 9.72 Å². The monoisotopic (exact) mass is 400 g/mol. The van der Waals surface area contributed by atoms with Crippen molar-refractivity contribution in [2.75, 3.05) is 0 Å². The molecule has 140 valence electrons. The number of thiazole rings is 1. The van der Waals surface area contributed by atoms with Crippen molar-refractivity contribution in [1.29, 1.82) is 0 Å². The molecule has 1 aliphatic heterocycles. The quantitative estimate of drug-likeness (QED) is 0.501. The summed E-state index contributed by atoms with van der Waals surface area (Å²) in [6.07, 6.45) is 0.566. The molecule has 0 saturated carbocycles. The Bertz CT molecular complexity index is 1030. The minimum atomic E-state index is -0.808. The number of hydrogen-bond donors (Lipinski definition) is 1. The predicted molar refractivity (Wildman–Crippen MR) is 110 cm³/mol. The Morgan fingerprint density at radius 3 is 2.89 bits per heavy atom. The van der Waals surface area contributed by atoms with Gasteiger partial charge in [0.1, 0.15) is 21.7 Å². The summed E-state index contributed by atoms with van der Waals surface area (Å²) in [4.78, 5) is 17.6. The smallest absolute Gasteiger partial charge is 0.324 e. The van der Waals surface area contributed by atoms with Crippen molar-refractivity contribution in [1.82, 2.24) is 10.3 Å². The first-order valence-corrected chi connectivity index (χ1v) is 10.2. The van der Waals surface area contributed by atoms with Crippen LogP contribution in [0.4, 0.5) is 0 Å². The van der Waals surface area contributed by atoms with Crippen molar-refractivity contribution >= 4 is 39.1 Å². The molecule has 1 aliphatic rings. The second kappa shape index (κ2) is 6.89. The molecular weight excluding hydrogens is 380 g/mol. The van der Waals surface area contributed by atoms with E-state index < -0.39 is 5.41 Å². The number of halogens is 1. The van der Waals surface area contributed by atoms with Gasteiger partial charge in [-0.15, -0.1) is 11.3 Å². The Labute approximate surface area is 167 Å². The summed E-state index contributed by atoms with van der Waals surface area (Å²) in [6.45, 7) is 6.86. The molecule has 27 heavy (non-hydrogen) atoms. The summed E-state index contributed by atoms with van der Waals surface area (Å²) in [5.74, 6) is 0.388. The molecule has 1 unspecified atom stereocenters. The van der Waals surface area contributed by atoms with E-state index in [0.717, 1.165) is 32.9 Å². The van der Waals surface area contributed by atoms with E-state index in [2.05, 4.69) is 36.3 Å². The maximum absolute atomic E-state index is 12.9. The van der Waals surface area contributed by atoms with Gasteiger partial charge in [-0.25, -0.2) is 4.98 Å². The van der Waals surface area contributed by atoms with E-state index in [1.807, 2.05) is 31.2 Å². The average molecular weight is 401 g/mol. The molecule has 0 fully saturated rings. The summed E-state index contributed by atoms with van der Waals surface area (Å²) in [6, 6.07) is 12.2. The molecule has 4 nitrogen and oxygen atoms in total. The summed E-state index contributed by atoms with van der Waals surface area (Å²) < 4.78 is 6.72. The van der Waals surface area contributed by atoms with Crippen LogP contribution in [0.25, 0.3) is 10.2 Å². The highest BCUT2D eigenvalue weighted by Gasteiger charge is 2.44. The highest BCUT2D eigenvalue weighted by molar-refractivity contribution is 7.18. The van der Waals surface area contributed by atoms with E-state index in [1.165, 1.54) is 11.3 Å². The molecule has 2 heterocycles. The lowest BCUT2D eigenvalue weighted by atomic mass is 9.82. The maximum atomic E-state index is 12.9. The molecule has 3 aromatic rings. The van der Waals surface area contributed by atoms with Crippen LogP contribution in [0.2, 0.25) is 5.02 Å². The largest absolute Gasteiger partial charge is 0.425 e. The molecule has 0 aliphatic carbocycles. The molecule has 0 radical (unpaired) electrons. The van der Waals surface area contributed by atoms with Crippen molar-refractivity contribution < 1.29 is 9.53 Å². The number of benzene rings is 2. The number of nitrogens with zero attached hydrogens (tertiary/aromatic N) is 1. The zero-order chi connectivity index (χ0) is 19.2. The van der Waals surface area contributed by atoms with Crippen LogP contribution in [0.15, 0.2) is 36.4 Å². The number of ether oxygens (including phenoxy) is 1. The second-order valence-electron chi connectivity index (χ2n) is 7.48. The fraction of sp³-hybridized carbons (Fsp3) is 0.333. The zero-order valence-corrected chi connectivity index (χ0v) is 17.1. The van der Waals surface area contributed by atoms with E-state index >= 15 is 0 Å². The number of nitrogens with one attached hydrogen (secondary N) is 1. The van der Waals surface area contributed by atoms with E-state index in [0.29, 0.717) is 23.2 Å². The van der Waals surface area contributed by atoms with Crippen molar-refractivity contribution in [3.63, 3.8) is 0 Å². The minimum absolute atomic E-state index is 0.265. The third-order valence-corrected chi connectivity index (χ3v) is 6.47. The van der Waals surface area contributed by atoms with Gasteiger partial charge in [0.15, 0.2) is 0 Å². The number of carbonyl (C=O) groups is 1. The van der Waals surface area contributed by atoms with E-state index in [-0.39, 0.29) is 5.97 Å². The fourth-order valence-electron chi connectivity index (χ4n) is 3.25. The number of carbonyl (C=O) groups excluding carboxylic acids is 1. The zero-order valence-electron chi connectivity index (χ0n) is 15.5. The third-order valence-electron chi connectivity index (χ3n) is 4.88. The van der Waals surface area contributed by atoms with Crippen molar-refractivity contribution in [3.05, 3.63) is 57.6 Å². The van der Waals surface area contributed by atoms with Crippen LogP contribution < -0.4 is 10.1 Å². The Hall–Kier alpha value is -1.95. The van der Waals surface area contributed by atoms with E-state index in [9.17, 15) is 4.79 Å². The van der Waals surface area contributed by atoms with Gasteiger partial charge in [-0.2, -0.15) is 0 Å². The van der Waals surface area contributed by atoms with Gasteiger partial charge in [-0.3, -0.25) is 4.79 Å². The molecule has 0 amide bonds. The number of aromatic nitrogens is 1. The number of esters is 1. The topological polar surface area (TPSA) is 51.2 Å². The number of fused-ring (bicyclic) bond motifs is 2. The van der Waals surface area contributed by atoms with Crippen LogP contribution in [0, 0.1) is 0 Å². The Morgan fingerprint density at radius 1 is 1.33 bits per heavy atom. The number of para-hydroxylation sites is 1. The summed E-state index contributed by atoms with van der Waals surface area (Å²) in [7, 11) is 0. The van der Waals surface area contributed by atoms with Crippen molar-refractivity contribution in [3.8, 4) is 5.75 Å². The van der Waals surface area contributed by atoms with Crippen molar-refractivity contribution in [2.45, 2.75) is 45.2 Å². The van der Waals surface area contributed by atoms with Gasteiger partial charge >= 0.3 is 5.97 Å². The van der Waals surface area contributed by atoms with Crippen LogP contribution in [0.1, 0.15) is 36.9 Å². The summed E-state index contributed by atoms with van der Waals surface area (Å²) in [5.41, 5.74) is 2.06. The standard InChI is InChI=1S/C21H21ClN2O2S/c1-12(2)23-11-13-7-8-14-10-21(3,20(25)26-16(14)9-13)19-24-18-15(22)5-4-6-17(18)27-19/h4-9,12,23H,10-11H2,1-3H3. The van der Waals surface area contributed by atoms with Crippen LogP contribution >= 0.6 is 22.9 Å². The molecule has 1 aromatic heterocycles. The van der Waals surface area contributed by atoms with Gasteiger partial charge in [-0.05, 0) is 42.7 Å². The Morgan fingerprint density at radius 2 is 2.15 bits per heavy atom. The maximum Gasteiger partial charge on any atom is 0.324 e. The van der Waals surface area contributed by atoms with Crippen molar-refractivity contribution in [2.24, 2.45) is 0 Å². The molecule has 0 bridgehead atoms. The SMILES string of the molecule is CC(C)NCc1ccc2c(c1)OC(=O)C(C)(c1nc3c(Cl)cccc3s1)C2. The highest BCUT2D eigenvalue weighted by Crippen LogP contribution is 2.42. The highest BCUT2D eigenvalue weighted by atomic mass is 35.5. The van der Waals surface area contributed by atoms with E-state index in [4.69, 9.17) is 16.3 Å². The molecule has 1 atom stereocenters. The minimum Gasteiger partial charge on any atom is -0.425 e. The van der Waals surface area contributed by atoms with Crippen LogP contribution in [-0.2, 0) is 23.2 Å². The van der Waals surface area contributed by atoms with E-state index in [1.54, 1.807) is 0 Å². The first-order valence-electron chi connectivity index (χ1n) is 9.00. The lowest BCUT2D eigenvalue weighted by Crippen LogP contribution is -2.41. The summed E-state index contributed by atoms with van der Waals surface area (Å²) >= 11 is 7.77. The Balaban J connectivity index is 1.67. The molecule has 0 saturated heterocycles. The van der Waals surface area contributed by atoms with Gasteiger partial charge in [0, 0.05) is 12.6 Å². The number of hydrogen-bond acceptors (Lipinski definition) is 5. The molecular formula is C21H21ClN2O2S. The Kier molecular flexibility index (Phi) is 4.70. The average Bonchev–Trinajstić information content (AvgIpc) is 3.07. The third kappa shape index (κ3) is 3.35. The molecule has 6 heteroatoms. The lowest BCUT2D eigenvalue weighted by Gasteiger charge is -2.31. The predicted octanol–water partition coefficient (Wildman–Crippen LogP) is 4.87. The van der Waals surface area contributed by atoms with Crippen LogP contribution in [-0.4, -0.2) is 17.0 Å². The van der Waals surface area contributed by atoms with Crippen LogP contribution in [0.5, 0.6) is 5.75 Å². The normalized spacial score (nSPS) is 19.4. The fourth-order valence-corrected chi connectivity index (χ4v) is 4.65. The van der Waals surface area contributed by atoms with Gasteiger partial charge < -0.3 is 10.1 Å². The first-order chi connectivity index (χ1) is 12.9. The van der Waals surface area contributed by atoms with Crippen LogP contribution in [0.3, 0.4) is 0 Å². The second-order valence-corrected chi connectivity index (χ2v) is 8.92. The first kappa shape index (κ1) is 18.4. The molecule has 1 N–H and O–H groups in total. The van der Waals surface area contributed by atoms with Gasteiger partial charge in [0.25, 0.3) is 0 Å². The molecule has 2 aromatic carbocycles. The molecule has 0 spiro atoms. The molecule has 4 rings (SSSR count). The number of rotatable bonds is 4.